The van der Waals surface area contributed by atoms with E-state index >= 15 is 0 Å². The quantitative estimate of drug-likeness (QED) is 0.649. The first kappa shape index (κ1) is 10.3. The predicted octanol–water partition coefficient (Wildman–Crippen LogP) is 3.99. The van der Waals surface area contributed by atoms with Crippen LogP contribution >= 0.6 is 0 Å². The Morgan fingerprint density at radius 3 is 2.46 bits per heavy atom. The average molecular weight is 175 g/mol. The van der Waals surface area contributed by atoms with Gasteiger partial charge in [0.25, 0.3) is 0 Å². The van der Waals surface area contributed by atoms with Crippen LogP contribution in [0.4, 0.5) is 0 Å². The van der Waals surface area contributed by atoms with Crippen molar-refractivity contribution in [1.29, 1.82) is 0 Å². The van der Waals surface area contributed by atoms with Crippen LogP contribution in [-0.4, -0.2) is 0 Å². The molecule has 0 aliphatic carbocycles. The highest BCUT2D eigenvalue weighted by molar-refractivity contribution is 5.36. The van der Waals surface area contributed by atoms with Crippen LogP contribution in [0.25, 0.3) is 0 Å². The summed E-state index contributed by atoms with van der Waals surface area (Å²) in [4.78, 5) is 0. The zero-order valence-electron chi connectivity index (χ0n) is 8.93. The molecule has 0 spiro atoms. The summed E-state index contributed by atoms with van der Waals surface area (Å²) < 4.78 is 0. The summed E-state index contributed by atoms with van der Waals surface area (Å²) in [6.07, 6.45) is 3.79. The lowest BCUT2D eigenvalue weighted by Crippen LogP contribution is -1.96. The number of hydrogen-bond donors (Lipinski definition) is 0. The fourth-order valence-corrected chi connectivity index (χ4v) is 1.59. The fraction of sp³-hybridized carbons (Fsp3) is 0.462. The third kappa shape index (κ3) is 2.87. The van der Waals surface area contributed by atoms with Gasteiger partial charge in [-0.15, -0.1) is 0 Å². The molecule has 0 fully saturated rings. The number of hydrogen-bond acceptors (Lipinski definition) is 0. The van der Waals surface area contributed by atoms with E-state index in [4.69, 9.17) is 0 Å². The SMILES string of the molecule is CCCCc1ccccc1[C](C)C. The van der Waals surface area contributed by atoms with Gasteiger partial charge in [0.15, 0.2) is 0 Å². The summed E-state index contributed by atoms with van der Waals surface area (Å²) in [5.74, 6) is 1.42. The van der Waals surface area contributed by atoms with E-state index in [-0.39, 0.29) is 0 Å². The van der Waals surface area contributed by atoms with Gasteiger partial charge in [-0.1, -0.05) is 51.5 Å². The first-order valence-corrected chi connectivity index (χ1v) is 5.14. The van der Waals surface area contributed by atoms with Crippen molar-refractivity contribution < 1.29 is 0 Å². The lowest BCUT2D eigenvalue weighted by Gasteiger charge is -2.11. The van der Waals surface area contributed by atoms with E-state index in [9.17, 15) is 0 Å². The molecule has 71 valence electrons. The monoisotopic (exact) mass is 175 g/mol. The molecule has 0 aliphatic rings. The van der Waals surface area contributed by atoms with Crippen LogP contribution in [0.5, 0.6) is 0 Å². The normalized spacial score (nSPS) is 10.8. The molecule has 0 bridgehead atoms. The number of unbranched alkanes of at least 4 members (excludes halogenated alkanes) is 1. The van der Waals surface area contributed by atoms with Crippen LogP contribution < -0.4 is 0 Å². The van der Waals surface area contributed by atoms with E-state index in [1.165, 1.54) is 36.3 Å². The Kier molecular flexibility index (Phi) is 4.01. The molecule has 0 aliphatic heterocycles. The molecule has 0 unspecified atom stereocenters. The number of aryl methyl sites for hydroxylation is 1. The van der Waals surface area contributed by atoms with Crippen LogP contribution in [0.3, 0.4) is 0 Å². The molecule has 0 saturated carbocycles. The van der Waals surface area contributed by atoms with Crippen molar-refractivity contribution in [2.75, 3.05) is 0 Å². The molecule has 1 aromatic rings. The first-order valence-electron chi connectivity index (χ1n) is 5.14. The van der Waals surface area contributed by atoms with Crippen LogP contribution in [0.2, 0.25) is 0 Å². The van der Waals surface area contributed by atoms with E-state index in [0.29, 0.717) is 0 Å². The Balaban J connectivity index is 2.78. The topological polar surface area (TPSA) is 0 Å². The van der Waals surface area contributed by atoms with E-state index in [2.05, 4.69) is 45.0 Å². The highest BCUT2D eigenvalue weighted by atomic mass is 14.1. The van der Waals surface area contributed by atoms with Gasteiger partial charge < -0.3 is 0 Å². The molecule has 0 aromatic heterocycles. The van der Waals surface area contributed by atoms with Gasteiger partial charge in [0, 0.05) is 0 Å². The summed E-state index contributed by atoms with van der Waals surface area (Å²) in [5, 5.41) is 0. The molecular weight excluding hydrogens is 156 g/mol. The molecule has 13 heavy (non-hydrogen) atoms. The Morgan fingerprint density at radius 1 is 1.15 bits per heavy atom. The fourth-order valence-electron chi connectivity index (χ4n) is 1.59. The molecule has 0 heteroatoms. The summed E-state index contributed by atoms with van der Waals surface area (Å²) in [6.45, 7) is 6.61. The van der Waals surface area contributed by atoms with Crippen LogP contribution in [-0.2, 0) is 6.42 Å². The van der Waals surface area contributed by atoms with Gasteiger partial charge >= 0.3 is 0 Å². The van der Waals surface area contributed by atoms with Crippen molar-refractivity contribution in [2.24, 2.45) is 0 Å². The van der Waals surface area contributed by atoms with Crippen molar-refractivity contribution >= 4 is 0 Å². The van der Waals surface area contributed by atoms with Crippen LogP contribution in [0.1, 0.15) is 44.7 Å². The number of benzene rings is 1. The van der Waals surface area contributed by atoms with Crippen molar-refractivity contribution in [1.82, 2.24) is 0 Å². The average Bonchev–Trinajstić information content (AvgIpc) is 2.15. The Labute approximate surface area is 82.0 Å². The minimum atomic E-state index is 1.22. The smallest absolute Gasteiger partial charge is 0.000922 e. The van der Waals surface area contributed by atoms with Crippen LogP contribution in [0.15, 0.2) is 24.3 Å². The molecule has 0 nitrogen and oxygen atoms in total. The highest BCUT2D eigenvalue weighted by Gasteiger charge is 2.04. The largest absolute Gasteiger partial charge is 0.0654 e. The second-order valence-electron chi connectivity index (χ2n) is 3.76. The summed E-state index contributed by atoms with van der Waals surface area (Å²) in [6, 6.07) is 8.73. The highest BCUT2D eigenvalue weighted by Crippen LogP contribution is 2.19. The van der Waals surface area contributed by atoms with Crippen molar-refractivity contribution in [3.05, 3.63) is 41.3 Å². The third-order valence-corrected chi connectivity index (χ3v) is 2.36. The molecule has 1 aromatic carbocycles. The molecule has 1 rings (SSSR count). The number of rotatable bonds is 4. The maximum Gasteiger partial charge on any atom is -0.000922 e. The summed E-state index contributed by atoms with van der Waals surface area (Å²) in [7, 11) is 0. The minimum absolute atomic E-state index is 1.22. The van der Waals surface area contributed by atoms with Gasteiger partial charge in [0.2, 0.25) is 0 Å². The summed E-state index contributed by atoms with van der Waals surface area (Å²) in [5.41, 5.74) is 2.94. The zero-order valence-corrected chi connectivity index (χ0v) is 8.93. The molecule has 0 heterocycles. The van der Waals surface area contributed by atoms with Gasteiger partial charge in [0.05, 0.1) is 0 Å². The Morgan fingerprint density at radius 2 is 1.85 bits per heavy atom. The van der Waals surface area contributed by atoms with E-state index in [1.807, 2.05) is 0 Å². The second kappa shape index (κ2) is 5.06. The zero-order chi connectivity index (χ0) is 9.68. The predicted molar refractivity (Wildman–Crippen MR) is 58.7 cm³/mol. The molecular formula is C13H19. The van der Waals surface area contributed by atoms with E-state index < -0.39 is 0 Å². The molecule has 0 atom stereocenters. The van der Waals surface area contributed by atoms with E-state index in [0.717, 1.165) is 0 Å². The maximum absolute atomic E-state index is 2.25. The molecule has 0 amide bonds. The van der Waals surface area contributed by atoms with Gasteiger partial charge in [-0.05, 0) is 29.9 Å². The maximum atomic E-state index is 2.25. The molecule has 1 radical (unpaired) electrons. The van der Waals surface area contributed by atoms with Gasteiger partial charge in [-0.2, -0.15) is 0 Å². The van der Waals surface area contributed by atoms with Crippen molar-refractivity contribution in [3.63, 3.8) is 0 Å². The van der Waals surface area contributed by atoms with Gasteiger partial charge in [-0.25, -0.2) is 0 Å². The molecule has 0 saturated heterocycles. The van der Waals surface area contributed by atoms with Crippen molar-refractivity contribution in [3.8, 4) is 0 Å². The van der Waals surface area contributed by atoms with Crippen LogP contribution in [0, 0.1) is 5.92 Å². The standard InChI is InChI=1S/C13H19/c1-4-5-8-12-9-6-7-10-13(12)11(2)3/h6-7,9-10H,4-5,8H2,1-3H3. The molecule has 0 N–H and O–H groups in total. The lowest BCUT2D eigenvalue weighted by atomic mass is 9.94. The minimum Gasteiger partial charge on any atom is -0.0654 e. The van der Waals surface area contributed by atoms with E-state index in [1.54, 1.807) is 0 Å². The summed E-state index contributed by atoms with van der Waals surface area (Å²) >= 11 is 0. The lowest BCUT2D eigenvalue weighted by molar-refractivity contribution is 0.789. The second-order valence-corrected chi connectivity index (χ2v) is 3.76. The van der Waals surface area contributed by atoms with Crippen molar-refractivity contribution in [2.45, 2.75) is 40.0 Å². The third-order valence-electron chi connectivity index (χ3n) is 2.36. The Bertz CT molecular complexity index is 248. The van der Waals surface area contributed by atoms with Gasteiger partial charge in [0.1, 0.15) is 0 Å². The Hall–Kier alpha value is -0.780. The first-order chi connectivity index (χ1) is 6.25. The van der Waals surface area contributed by atoms with Gasteiger partial charge in [-0.3, -0.25) is 0 Å².